The third-order valence-electron chi connectivity index (χ3n) is 3.58. The SMILES string of the molecule is CC(C)C1COC2(CCOCC2)C1. The van der Waals surface area contributed by atoms with E-state index in [9.17, 15) is 0 Å². The maximum absolute atomic E-state index is 5.98. The maximum atomic E-state index is 5.98. The summed E-state index contributed by atoms with van der Waals surface area (Å²) >= 11 is 0. The van der Waals surface area contributed by atoms with Gasteiger partial charge in [-0.1, -0.05) is 13.8 Å². The zero-order valence-corrected chi connectivity index (χ0v) is 8.71. The quantitative estimate of drug-likeness (QED) is 0.622. The maximum Gasteiger partial charge on any atom is 0.0730 e. The number of ether oxygens (including phenoxy) is 2. The van der Waals surface area contributed by atoms with Gasteiger partial charge >= 0.3 is 0 Å². The molecule has 0 amide bonds. The van der Waals surface area contributed by atoms with Crippen LogP contribution in [0.5, 0.6) is 0 Å². The van der Waals surface area contributed by atoms with Gasteiger partial charge in [0.15, 0.2) is 0 Å². The van der Waals surface area contributed by atoms with Gasteiger partial charge in [-0.3, -0.25) is 0 Å². The lowest BCUT2D eigenvalue weighted by Crippen LogP contribution is -2.35. The van der Waals surface area contributed by atoms with Gasteiger partial charge in [0.2, 0.25) is 0 Å². The summed E-state index contributed by atoms with van der Waals surface area (Å²) in [5.74, 6) is 1.54. The highest BCUT2D eigenvalue weighted by Crippen LogP contribution is 2.40. The van der Waals surface area contributed by atoms with E-state index in [0.29, 0.717) is 0 Å². The first kappa shape index (κ1) is 9.47. The molecular formula is C11H20O2. The molecule has 2 fully saturated rings. The molecule has 2 aliphatic heterocycles. The minimum absolute atomic E-state index is 0.202. The van der Waals surface area contributed by atoms with Gasteiger partial charge in [-0.05, 0) is 31.1 Å². The minimum atomic E-state index is 0.202. The standard InChI is InChI=1S/C11H20O2/c1-9(2)10-7-11(13-8-10)3-5-12-6-4-11/h9-10H,3-8H2,1-2H3. The highest BCUT2D eigenvalue weighted by molar-refractivity contribution is 4.91. The Kier molecular flexibility index (Phi) is 2.61. The number of hydrogen-bond donors (Lipinski definition) is 0. The molecule has 13 heavy (non-hydrogen) atoms. The van der Waals surface area contributed by atoms with Gasteiger partial charge in [0.1, 0.15) is 0 Å². The molecule has 1 unspecified atom stereocenters. The molecule has 0 saturated carbocycles. The fourth-order valence-corrected chi connectivity index (χ4v) is 2.40. The van der Waals surface area contributed by atoms with Gasteiger partial charge in [0.05, 0.1) is 12.2 Å². The second kappa shape index (κ2) is 3.58. The molecule has 76 valence electrons. The average molecular weight is 184 g/mol. The first-order valence-corrected chi connectivity index (χ1v) is 5.44. The Morgan fingerprint density at radius 2 is 1.92 bits per heavy atom. The van der Waals surface area contributed by atoms with E-state index in [1.807, 2.05) is 0 Å². The molecule has 2 aliphatic rings. The van der Waals surface area contributed by atoms with E-state index in [4.69, 9.17) is 9.47 Å². The van der Waals surface area contributed by atoms with E-state index >= 15 is 0 Å². The van der Waals surface area contributed by atoms with Gasteiger partial charge in [-0.2, -0.15) is 0 Å². The summed E-state index contributed by atoms with van der Waals surface area (Å²) in [4.78, 5) is 0. The topological polar surface area (TPSA) is 18.5 Å². The highest BCUT2D eigenvalue weighted by Gasteiger charge is 2.42. The predicted molar refractivity (Wildman–Crippen MR) is 51.7 cm³/mol. The van der Waals surface area contributed by atoms with Crippen LogP contribution in [0.15, 0.2) is 0 Å². The monoisotopic (exact) mass is 184 g/mol. The van der Waals surface area contributed by atoms with Crippen molar-refractivity contribution in [3.8, 4) is 0 Å². The van der Waals surface area contributed by atoms with Crippen LogP contribution >= 0.6 is 0 Å². The number of hydrogen-bond acceptors (Lipinski definition) is 2. The molecule has 0 radical (unpaired) electrons. The normalized spacial score (nSPS) is 33.0. The molecular weight excluding hydrogens is 164 g/mol. The van der Waals surface area contributed by atoms with Gasteiger partial charge in [0.25, 0.3) is 0 Å². The van der Waals surface area contributed by atoms with Crippen molar-refractivity contribution in [1.82, 2.24) is 0 Å². The van der Waals surface area contributed by atoms with Gasteiger partial charge in [-0.15, -0.1) is 0 Å². The predicted octanol–water partition coefficient (Wildman–Crippen LogP) is 2.23. The number of rotatable bonds is 1. The van der Waals surface area contributed by atoms with Crippen molar-refractivity contribution >= 4 is 0 Å². The van der Waals surface area contributed by atoms with Crippen LogP contribution in [-0.4, -0.2) is 25.4 Å². The van der Waals surface area contributed by atoms with Crippen LogP contribution < -0.4 is 0 Å². The van der Waals surface area contributed by atoms with Crippen LogP contribution in [0.4, 0.5) is 0 Å². The van der Waals surface area contributed by atoms with Crippen LogP contribution in [0.1, 0.15) is 33.1 Å². The summed E-state index contributed by atoms with van der Waals surface area (Å²) in [6, 6.07) is 0. The van der Waals surface area contributed by atoms with E-state index in [0.717, 1.165) is 44.5 Å². The van der Waals surface area contributed by atoms with Crippen molar-refractivity contribution in [2.45, 2.75) is 38.7 Å². The van der Waals surface area contributed by atoms with Gasteiger partial charge in [0, 0.05) is 13.2 Å². The molecule has 2 nitrogen and oxygen atoms in total. The molecule has 0 aromatic carbocycles. The van der Waals surface area contributed by atoms with Crippen LogP contribution in [0.3, 0.4) is 0 Å². The Labute approximate surface area is 80.6 Å². The summed E-state index contributed by atoms with van der Waals surface area (Å²) in [5, 5.41) is 0. The fourth-order valence-electron chi connectivity index (χ4n) is 2.40. The lowest BCUT2D eigenvalue weighted by molar-refractivity contribution is -0.0778. The fraction of sp³-hybridized carbons (Fsp3) is 1.00. The highest BCUT2D eigenvalue weighted by atomic mass is 16.5. The lowest BCUT2D eigenvalue weighted by atomic mass is 9.83. The molecule has 1 atom stereocenters. The van der Waals surface area contributed by atoms with Crippen LogP contribution in [0.25, 0.3) is 0 Å². The molecule has 0 N–H and O–H groups in total. The van der Waals surface area contributed by atoms with Gasteiger partial charge < -0.3 is 9.47 Å². The Morgan fingerprint density at radius 1 is 1.23 bits per heavy atom. The molecule has 0 aliphatic carbocycles. The van der Waals surface area contributed by atoms with Crippen LogP contribution in [0, 0.1) is 11.8 Å². The van der Waals surface area contributed by atoms with E-state index in [-0.39, 0.29) is 5.60 Å². The first-order chi connectivity index (χ1) is 6.22. The molecule has 0 aromatic heterocycles. The first-order valence-electron chi connectivity index (χ1n) is 5.44. The minimum Gasteiger partial charge on any atom is -0.381 e. The van der Waals surface area contributed by atoms with E-state index in [2.05, 4.69) is 13.8 Å². The summed E-state index contributed by atoms with van der Waals surface area (Å²) in [7, 11) is 0. The van der Waals surface area contributed by atoms with Crippen LogP contribution in [-0.2, 0) is 9.47 Å². The van der Waals surface area contributed by atoms with E-state index in [1.54, 1.807) is 0 Å². The summed E-state index contributed by atoms with van der Waals surface area (Å²) in [6.45, 7) is 7.35. The third-order valence-corrected chi connectivity index (χ3v) is 3.58. The second-order valence-corrected chi connectivity index (χ2v) is 4.81. The zero-order chi connectivity index (χ0) is 9.31. The second-order valence-electron chi connectivity index (χ2n) is 4.81. The lowest BCUT2D eigenvalue weighted by Gasteiger charge is -2.32. The van der Waals surface area contributed by atoms with Gasteiger partial charge in [-0.25, -0.2) is 0 Å². The smallest absolute Gasteiger partial charge is 0.0730 e. The molecule has 0 aromatic rings. The average Bonchev–Trinajstić information content (AvgIpc) is 2.51. The van der Waals surface area contributed by atoms with Crippen molar-refractivity contribution < 1.29 is 9.47 Å². The Morgan fingerprint density at radius 3 is 2.46 bits per heavy atom. The molecule has 2 heteroatoms. The molecule has 2 saturated heterocycles. The third kappa shape index (κ3) is 1.89. The van der Waals surface area contributed by atoms with E-state index < -0.39 is 0 Å². The van der Waals surface area contributed by atoms with Crippen molar-refractivity contribution in [1.29, 1.82) is 0 Å². The van der Waals surface area contributed by atoms with Crippen molar-refractivity contribution in [3.05, 3.63) is 0 Å². The Balaban J connectivity index is 1.94. The molecule has 0 bridgehead atoms. The summed E-state index contributed by atoms with van der Waals surface area (Å²) in [5.41, 5.74) is 0.202. The molecule has 1 spiro atoms. The van der Waals surface area contributed by atoms with Crippen molar-refractivity contribution in [2.75, 3.05) is 19.8 Å². The van der Waals surface area contributed by atoms with Crippen molar-refractivity contribution in [2.24, 2.45) is 11.8 Å². The molecule has 2 rings (SSSR count). The summed E-state index contributed by atoms with van der Waals surface area (Å²) in [6.07, 6.45) is 3.47. The largest absolute Gasteiger partial charge is 0.381 e. The Bertz CT molecular complexity index is 171. The van der Waals surface area contributed by atoms with Crippen LogP contribution in [0.2, 0.25) is 0 Å². The van der Waals surface area contributed by atoms with Crippen molar-refractivity contribution in [3.63, 3.8) is 0 Å². The zero-order valence-electron chi connectivity index (χ0n) is 8.71. The Hall–Kier alpha value is -0.0800. The van der Waals surface area contributed by atoms with E-state index in [1.165, 1.54) is 6.42 Å². The molecule has 2 heterocycles. The summed E-state index contributed by atoms with van der Waals surface area (Å²) < 4.78 is 11.3.